The van der Waals surface area contributed by atoms with Crippen LogP contribution in [0.1, 0.15) is 197 Å². The van der Waals surface area contributed by atoms with E-state index in [2.05, 4.69) is 263 Å². The zero-order valence-corrected chi connectivity index (χ0v) is 52.0. The Labute approximate surface area is 483 Å². The normalized spacial score (nSPS) is 17.7. The fraction of sp³-hybridized carbons (Fsp3) is 0.342. The number of allylic oxidation sites excluding steroid dienone is 4. The summed E-state index contributed by atoms with van der Waals surface area (Å²) < 4.78 is 12.5. The Morgan fingerprint density at radius 1 is 0.407 bits per heavy atom. The Morgan fingerprint density at radius 3 is 1.40 bits per heavy atom. The molecule has 2 aromatic heterocycles. The molecular formula is C79H84O2. The summed E-state index contributed by atoms with van der Waals surface area (Å²) in [6, 6.07) is 49.8. The van der Waals surface area contributed by atoms with Crippen molar-refractivity contribution in [1.29, 1.82) is 0 Å². The molecule has 10 aromatic rings. The fourth-order valence-corrected chi connectivity index (χ4v) is 14.9. The molecule has 0 aliphatic heterocycles. The van der Waals surface area contributed by atoms with E-state index in [0.717, 1.165) is 28.8 Å². The van der Waals surface area contributed by atoms with Crippen molar-refractivity contribution in [3.8, 4) is 33.4 Å². The minimum atomic E-state index is -0.0517. The van der Waals surface area contributed by atoms with E-state index in [1.807, 2.05) is 13.8 Å². The first kappa shape index (κ1) is 54.4. The van der Waals surface area contributed by atoms with Crippen molar-refractivity contribution < 1.29 is 8.83 Å². The Morgan fingerprint density at radius 2 is 0.864 bits per heavy atom. The lowest BCUT2D eigenvalue weighted by Crippen LogP contribution is -2.18. The third-order valence-electron chi connectivity index (χ3n) is 19.5. The van der Waals surface area contributed by atoms with Crippen molar-refractivity contribution in [2.24, 2.45) is 0 Å². The second-order valence-electron chi connectivity index (χ2n) is 28.3. The van der Waals surface area contributed by atoms with Crippen molar-refractivity contribution in [2.45, 2.75) is 176 Å². The van der Waals surface area contributed by atoms with E-state index in [4.69, 9.17) is 8.83 Å². The lowest BCUT2D eigenvalue weighted by atomic mass is 9.77. The van der Waals surface area contributed by atoms with Crippen LogP contribution in [-0.4, -0.2) is 0 Å². The third-order valence-corrected chi connectivity index (χ3v) is 19.5. The predicted molar refractivity (Wildman–Crippen MR) is 347 cm³/mol. The summed E-state index contributed by atoms with van der Waals surface area (Å²) in [6.45, 7) is 43.3. The number of fused-ring (bicyclic) bond motifs is 20. The van der Waals surface area contributed by atoms with E-state index in [9.17, 15) is 0 Å². The van der Waals surface area contributed by atoms with E-state index in [1.165, 1.54) is 127 Å². The lowest BCUT2D eigenvalue weighted by molar-refractivity contribution is 0.567. The molecule has 0 spiro atoms. The van der Waals surface area contributed by atoms with E-state index >= 15 is 0 Å². The molecule has 5 aliphatic carbocycles. The number of para-hydroxylation sites is 2. The SMILES string of the molecule is CC.CC1=CCC2C(=C1)C(C)(C)c1cc3c(cc12)C(C)(C)c1ccc2oc4ccccc4c2c1-3.Cc1cc(C(C)(C)C)cc(C(C)(C)C)c1.Cc1ccc2c(c1)C(C)(C)c1cc3c(cc1-2)C(C)(C)c1ccc2oc4ccccc4c2c1-3. The maximum absolute atomic E-state index is 6.27. The van der Waals surface area contributed by atoms with E-state index in [1.54, 1.807) is 5.57 Å². The monoisotopic (exact) mass is 1060 g/mol. The maximum atomic E-state index is 6.27. The second-order valence-corrected chi connectivity index (χ2v) is 28.3. The molecule has 412 valence electrons. The van der Waals surface area contributed by atoms with Gasteiger partial charge in [-0.3, -0.25) is 0 Å². The molecule has 1 unspecified atom stereocenters. The first-order chi connectivity index (χ1) is 38.2. The van der Waals surface area contributed by atoms with Crippen LogP contribution in [0, 0.1) is 13.8 Å². The average molecular weight is 1070 g/mol. The van der Waals surface area contributed by atoms with Crippen LogP contribution in [0.4, 0.5) is 0 Å². The first-order valence-corrected chi connectivity index (χ1v) is 30.1. The Kier molecular flexibility index (Phi) is 12.4. The molecular weight excluding hydrogens is 981 g/mol. The van der Waals surface area contributed by atoms with E-state index < -0.39 is 0 Å². The highest BCUT2D eigenvalue weighted by atomic mass is 16.3. The van der Waals surface area contributed by atoms with E-state index in [0.29, 0.717) is 5.92 Å². The largest absolute Gasteiger partial charge is 0.456 e. The van der Waals surface area contributed by atoms with Gasteiger partial charge in [-0.05, 0) is 170 Å². The first-order valence-electron chi connectivity index (χ1n) is 30.1. The molecule has 81 heavy (non-hydrogen) atoms. The minimum absolute atomic E-state index is 0.00896. The highest BCUT2D eigenvalue weighted by molar-refractivity contribution is 6.16. The van der Waals surface area contributed by atoms with Crippen LogP contribution >= 0.6 is 0 Å². The molecule has 0 radical (unpaired) electrons. The van der Waals surface area contributed by atoms with Gasteiger partial charge in [0, 0.05) is 49.1 Å². The van der Waals surface area contributed by atoms with Gasteiger partial charge in [0.15, 0.2) is 0 Å². The lowest BCUT2D eigenvalue weighted by Gasteiger charge is -2.26. The number of hydrogen-bond donors (Lipinski definition) is 0. The van der Waals surface area contributed by atoms with Gasteiger partial charge in [0.25, 0.3) is 0 Å². The van der Waals surface area contributed by atoms with Crippen LogP contribution in [-0.2, 0) is 32.5 Å². The summed E-state index contributed by atoms with van der Waals surface area (Å²) in [5, 5.41) is 4.96. The average Bonchev–Trinajstić information content (AvgIpc) is 2.71. The Bertz CT molecular complexity index is 4290. The molecule has 15 rings (SSSR count). The molecule has 2 heterocycles. The predicted octanol–water partition coefficient (Wildman–Crippen LogP) is 22.7. The van der Waals surface area contributed by atoms with Crippen molar-refractivity contribution in [1.82, 2.24) is 0 Å². The van der Waals surface area contributed by atoms with Crippen molar-refractivity contribution >= 4 is 43.9 Å². The van der Waals surface area contributed by atoms with Crippen LogP contribution < -0.4 is 0 Å². The van der Waals surface area contributed by atoms with Gasteiger partial charge in [0.05, 0.1) is 0 Å². The summed E-state index contributed by atoms with van der Waals surface area (Å²) in [6.07, 6.45) is 5.98. The molecule has 5 aliphatic rings. The van der Waals surface area contributed by atoms with Crippen molar-refractivity contribution in [3.63, 3.8) is 0 Å². The van der Waals surface area contributed by atoms with Gasteiger partial charge in [-0.1, -0.05) is 236 Å². The molecule has 2 heteroatoms. The zero-order chi connectivity index (χ0) is 57.8. The highest BCUT2D eigenvalue weighted by Gasteiger charge is 2.47. The Balaban J connectivity index is 0.000000127. The highest BCUT2D eigenvalue weighted by Crippen LogP contribution is 2.61. The topological polar surface area (TPSA) is 26.3 Å². The summed E-state index contributed by atoms with van der Waals surface area (Å²) in [7, 11) is 0. The van der Waals surface area contributed by atoms with Gasteiger partial charge >= 0.3 is 0 Å². The number of furan rings is 2. The number of rotatable bonds is 0. The Hall–Kier alpha value is -7.16. The van der Waals surface area contributed by atoms with Gasteiger partial charge in [0.1, 0.15) is 22.3 Å². The van der Waals surface area contributed by atoms with Crippen LogP contribution in [0.3, 0.4) is 0 Å². The third kappa shape index (κ3) is 8.22. The van der Waals surface area contributed by atoms with Crippen molar-refractivity contribution in [2.75, 3.05) is 0 Å². The van der Waals surface area contributed by atoms with Crippen LogP contribution in [0.2, 0.25) is 0 Å². The molecule has 0 N–H and O–H groups in total. The number of benzene rings is 8. The molecule has 0 amide bonds. The fourth-order valence-electron chi connectivity index (χ4n) is 14.9. The summed E-state index contributed by atoms with van der Waals surface area (Å²) >= 11 is 0. The van der Waals surface area contributed by atoms with Crippen LogP contribution in [0.25, 0.3) is 77.3 Å². The second kappa shape index (κ2) is 18.4. The van der Waals surface area contributed by atoms with Gasteiger partial charge in [-0.2, -0.15) is 0 Å². The maximum Gasteiger partial charge on any atom is 0.136 e. The summed E-state index contributed by atoms with van der Waals surface area (Å²) in [4.78, 5) is 0. The van der Waals surface area contributed by atoms with Crippen LogP contribution in [0.5, 0.6) is 0 Å². The summed E-state index contributed by atoms with van der Waals surface area (Å²) in [5.74, 6) is 0.517. The summed E-state index contributed by atoms with van der Waals surface area (Å²) in [5.41, 5.74) is 32.9. The zero-order valence-electron chi connectivity index (χ0n) is 52.0. The standard InChI is InChI=1S/C31H28O.C31H26O.C15H24.C2H6/c2*1-17-10-11-18-20-15-25-21(16-24(20)31(4,5)23(18)14-17)28-22(30(25,2)3)12-13-27-29(28)19-8-6-7-9-26(19)32-27;1-11-8-12(14(2,3)4)10-13(9-11)15(5,6)7;1-2/h6-10,12-16,18H,11H2,1-5H3;6-16H,1-5H3;8-10H,1-7H3;1-2H3. The number of aryl methyl sites for hydroxylation is 2. The number of hydrogen-bond acceptors (Lipinski definition) is 2. The van der Waals surface area contributed by atoms with Gasteiger partial charge in [-0.15, -0.1) is 0 Å². The van der Waals surface area contributed by atoms with Crippen molar-refractivity contribution in [3.05, 3.63) is 224 Å². The molecule has 0 bridgehead atoms. The van der Waals surface area contributed by atoms with Gasteiger partial charge < -0.3 is 8.83 Å². The molecule has 0 fully saturated rings. The molecule has 2 nitrogen and oxygen atoms in total. The van der Waals surface area contributed by atoms with E-state index in [-0.39, 0.29) is 32.5 Å². The quantitative estimate of drug-likeness (QED) is 0.151. The van der Waals surface area contributed by atoms with Crippen LogP contribution in [0.15, 0.2) is 166 Å². The van der Waals surface area contributed by atoms with Gasteiger partial charge in [0.2, 0.25) is 0 Å². The molecule has 8 aromatic carbocycles. The molecule has 1 atom stereocenters. The van der Waals surface area contributed by atoms with Gasteiger partial charge in [-0.25, -0.2) is 0 Å². The smallest absolute Gasteiger partial charge is 0.136 e. The molecule has 0 saturated carbocycles. The molecule has 0 saturated heterocycles. The minimum Gasteiger partial charge on any atom is -0.456 e.